The molecule has 1 aliphatic carbocycles. The fourth-order valence-electron chi connectivity index (χ4n) is 3.67. The van der Waals surface area contributed by atoms with Crippen molar-refractivity contribution in [1.29, 1.82) is 0 Å². The van der Waals surface area contributed by atoms with Gasteiger partial charge in [0.1, 0.15) is 23.4 Å². The number of nitrogen functional groups attached to an aromatic ring is 1. The maximum atomic E-state index is 15.3. The fourth-order valence-corrected chi connectivity index (χ4v) is 3.67. The number of aliphatic hydroxyl groups is 2. The molecule has 0 aliphatic heterocycles. The molecule has 0 spiro atoms. The average Bonchev–Trinajstić information content (AvgIpc) is 3.78. The van der Waals surface area contributed by atoms with Crippen LogP contribution >= 0.6 is 0 Å². The fraction of sp³-hybridized carbons (Fsp3) is 0.333. The van der Waals surface area contributed by atoms with E-state index in [9.17, 15) is 19.4 Å². The molecule has 8 nitrogen and oxygen atoms in total. The zero-order valence-corrected chi connectivity index (χ0v) is 23.1. The lowest BCUT2D eigenvalue weighted by Gasteiger charge is -2.22. The average molecular weight is 555 g/mol. The largest absolute Gasteiger partial charge is 0.495 e. The van der Waals surface area contributed by atoms with Crippen molar-refractivity contribution in [3.8, 4) is 17.0 Å². The van der Waals surface area contributed by atoms with Crippen molar-refractivity contribution in [3.05, 3.63) is 82.2 Å². The Morgan fingerprint density at radius 1 is 1.18 bits per heavy atom. The molecule has 3 aromatic rings. The summed E-state index contributed by atoms with van der Waals surface area (Å²) in [6.45, 7) is 4.18. The van der Waals surface area contributed by atoms with Crippen LogP contribution in [0.4, 0.5) is 14.5 Å². The molecule has 214 valence electrons. The smallest absolute Gasteiger partial charge is 0.251 e. The number of methoxy groups -OCH3 is 1. The van der Waals surface area contributed by atoms with E-state index in [0.717, 1.165) is 12.1 Å². The third-order valence-electron chi connectivity index (χ3n) is 5.94. The third kappa shape index (κ3) is 8.00. The highest BCUT2D eigenvalue weighted by Gasteiger charge is 2.27. The highest BCUT2D eigenvalue weighted by molar-refractivity contribution is 5.96. The second-order valence-corrected chi connectivity index (χ2v) is 10.2. The molecule has 1 aliphatic rings. The molecule has 40 heavy (non-hydrogen) atoms. The molecule has 7 N–H and O–H groups in total. The Balaban J connectivity index is 0.00000137. The van der Waals surface area contributed by atoms with E-state index >= 15 is 4.39 Å². The molecule has 2 aromatic carbocycles. The van der Waals surface area contributed by atoms with E-state index in [-0.39, 0.29) is 40.4 Å². The van der Waals surface area contributed by atoms with Gasteiger partial charge in [0.2, 0.25) is 0 Å². The van der Waals surface area contributed by atoms with Crippen molar-refractivity contribution >= 4 is 17.7 Å². The van der Waals surface area contributed by atoms with Crippen LogP contribution in [0.25, 0.3) is 17.3 Å². The summed E-state index contributed by atoms with van der Waals surface area (Å²) in [5.41, 5.74) is 11.7. The zero-order valence-electron chi connectivity index (χ0n) is 23.1. The molecule has 4 rings (SSSR count). The van der Waals surface area contributed by atoms with Crippen molar-refractivity contribution in [2.24, 2.45) is 5.73 Å². The highest BCUT2D eigenvalue weighted by atomic mass is 19.1. The summed E-state index contributed by atoms with van der Waals surface area (Å²) in [5, 5.41) is 23.9. The first-order valence-corrected chi connectivity index (χ1v) is 12.9. The normalized spacial score (nSPS) is 13.7. The molecular weight excluding hydrogens is 518 g/mol. The van der Waals surface area contributed by atoms with Crippen LogP contribution in [-0.4, -0.2) is 34.8 Å². The van der Waals surface area contributed by atoms with Crippen molar-refractivity contribution in [2.45, 2.75) is 51.7 Å². The number of hydrogen-bond acceptors (Lipinski definition) is 7. The van der Waals surface area contributed by atoms with Crippen molar-refractivity contribution < 1.29 is 28.5 Å². The van der Waals surface area contributed by atoms with Gasteiger partial charge in [0.25, 0.3) is 5.91 Å². The number of nitrogens with one attached hydrogen (secondary N) is 1. The molecule has 1 amide bonds. The van der Waals surface area contributed by atoms with Crippen LogP contribution < -0.4 is 21.5 Å². The molecule has 0 radical (unpaired) electrons. The lowest BCUT2D eigenvalue weighted by atomic mass is 9.94. The van der Waals surface area contributed by atoms with Gasteiger partial charge in [-0.05, 0) is 69.3 Å². The lowest BCUT2D eigenvalue weighted by molar-refractivity contribution is 0.0736. The summed E-state index contributed by atoms with van der Waals surface area (Å²) in [5.74, 6) is -1.57. The number of allylic oxidation sites excluding steroid dienone is 1. The maximum Gasteiger partial charge on any atom is 0.251 e. The van der Waals surface area contributed by atoms with E-state index in [1.54, 1.807) is 13.0 Å². The van der Waals surface area contributed by atoms with Gasteiger partial charge in [-0.25, -0.2) is 13.8 Å². The van der Waals surface area contributed by atoms with Crippen molar-refractivity contribution in [3.63, 3.8) is 0 Å². The third-order valence-corrected chi connectivity index (χ3v) is 5.94. The molecule has 1 unspecified atom stereocenters. The summed E-state index contributed by atoms with van der Waals surface area (Å²) in [7, 11) is 1.42. The maximum absolute atomic E-state index is 15.3. The monoisotopic (exact) mass is 554 g/mol. The molecular formula is C30H36F2N4O4. The molecule has 1 saturated carbocycles. The number of halogens is 2. The number of aromatic nitrogens is 1. The number of nitrogens with two attached hydrogens (primary N) is 2. The molecule has 1 heterocycles. The van der Waals surface area contributed by atoms with Gasteiger partial charge >= 0.3 is 0 Å². The number of benzene rings is 2. The van der Waals surface area contributed by atoms with Gasteiger partial charge in [0.15, 0.2) is 5.82 Å². The second-order valence-electron chi connectivity index (χ2n) is 10.2. The van der Waals surface area contributed by atoms with Gasteiger partial charge in [-0.1, -0.05) is 19.3 Å². The minimum absolute atomic E-state index is 0.00964. The van der Waals surface area contributed by atoms with Crippen LogP contribution in [-0.2, 0) is 5.60 Å². The molecule has 10 heteroatoms. The first-order valence-electron chi connectivity index (χ1n) is 12.9. The van der Waals surface area contributed by atoms with Gasteiger partial charge in [0.05, 0.1) is 24.1 Å². The lowest BCUT2D eigenvalue weighted by Crippen LogP contribution is -2.29. The SMILES string of the molecule is C1CC1.COc1cc(C(=O)NCC(O)c2cc(C(C)(C)O)c(F)c(-c3ccc(F)cc3)n2)cc(/C=C(/C)N)c1N. The first-order chi connectivity index (χ1) is 18.8. The second kappa shape index (κ2) is 12.9. The topological polar surface area (TPSA) is 144 Å². The Bertz CT molecular complexity index is 1380. The van der Waals surface area contributed by atoms with E-state index in [1.807, 2.05) is 0 Å². The first kappa shape index (κ1) is 30.5. The quantitative estimate of drug-likeness (QED) is 0.252. The number of carbonyl (C=O) groups is 1. The van der Waals surface area contributed by atoms with Crippen LogP contribution in [0.5, 0.6) is 5.75 Å². The molecule has 1 fully saturated rings. The van der Waals surface area contributed by atoms with Crippen LogP contribution in [0.2, 0.25) is 0 Å². The molecule has 0 bridgehead atoms. The summed E-state index contributed by atoms with van der Waals surface area (Å²) in [6, 6.07) is 9.21. The van der Waals surface area contributed by atoms with Gasteiger partial charge in [-0.2, -0.15) is 0 Å². The number of aliphatic hydroxyl groups excluding tert-OH is 1. The predicted molar refractivity (Wildman–Crippen MR) is 151 cm³/mol. The van der Waals surface area contributed by atoms with E-state index in [1.165, 1.54) is 70.6 Å². The van der Waals surface area contributed by atoms with Gasteiger partial charge in [-0.15, -0.1) is 0 Å². The Labute approximate surface area is 232 Å². The molecule has 1 aromatic heterocycles. The minimum Gasteiger partial charge on any atom is -0.495 e. The number of carbonyl (C=O) groups excluding carboxylic acids is 1. The van der Waals surface area contributed by atoms with E-state index in [4.69, 9.17) is 16.2 Å². The van der Waals surface area contributed by atoms with E-state index in [0.29, 0.717) is 16.9 Å². The van der Waals surface area contributed by atoms with Gasteiger partial charge < -0.3 is 31.7 Å². The van der Waals surface area contributed by atoms with Crippen LogP contribution in [0.15, 0.2) is 48.2 Å². The highest BCUT2D eigenvalue weighted by Crippen LogP contribution is 2.32. The van der Waals surface area contributed by atoms with Crippen LogP contribution in [0.3, 0.4) is 0 Å². The van der Waals surface area contributed by atoms with Crippen LogP contribution in [0.1, 0.15) is 73.3 Å². The number of rotatable bonds is 8. The summed E-state index contributed by atoms with van der Waals surface area (Å²) in [6.07, 6.45) is 4.74. The Hall–Kier alpha value is -4.02. The summed E-state index contributed by atoms with van der Waals surface area (Å²) >= 11 is 0. The van der Waals surface area contributed by atoms with Crippen LogP contribution in [0, 0.1) is 11.6 Å². The predicted octanol–water partition coefficient (Wildman–Crippen LogP) is 4.80. The number of hydrogen-bond donors (Lipinski definition) is 5. The minimum atomic E-state index is -1.61. The van der Waals surface area contributed by atoms with E-state index in [2.05, 4.69) is 10.3 Å². The number of ether oxygens (including phenoxy) is 1. The zero-order chi connectivity index (χ0) is 29.6. The standard InChI is InChI=1S/C27H30F2N4O4.C3H6/c1-14(30)9-16-10-17(11-22(37-4)24(16)31)26(35)32-13-21(34)20-12-19(27(2,3)36)23(29)25(33-20)15-5-7-18(28)8-6-15;1-2-3-1/h5-12,21,34,36H,13,30-31H2,1-4H3,(H,32,35);1-3H2/b14-9-;. The number of anilines is 1. The van der Waals surface area contributed by atoms with Crippen molar-refractivity contribution in [1.82, 2.24) is 10.3 Å². The van der Waals surface area contributed by atoms with Gasteiger partial charge in [-0.3, -0.25) is 4.79 Å². The molecule has 1 atom stereocenters. The van der Waals surface area contributed by atoms with Gasteiger partial charge in [0, 0.05) is 34.5 Å². The number of pyridine rings is 1. The number of nitrogens with zero attached hydrogens (tertiary/aromatic N) is 1. The number of amides is 1. The summed E-state index contributed by atoms with van der Waals surface area (Å²) < 4.78 is 33.9. The Morgan fingerprint density at radius 3 is 2.33 bits per heavy atom. The molecule has 0 saturated heterocycles. The van der Waals surface area contributed by atoms with E-state index < -0.39 is 29.2 Å². The Morgan fingerprint density at radius 2 is 1.80 bits per heavy atom. The Kier molecular flexibility index (Phi) is 9.83. The summed E-state index contributed by atoms with van der Waals surface area (Å²) in [4.78, 5) is 17.1. The van der Waals surface area contributed by atoms with Crippen molar-refractivity contribution in [2.75, 3.05) is 19.4 Å².